The molecule has 0 spiro atoms. The molecule has 272 valence electrons. The first-order chi connectivity index (χ1) is 27.0. The Morgan fingerprint density at radius 1 is 0.655 bits per heavy atom. The van der Waals surface area contributed by atoms with E-state index in [1.165, 1.54) is 15.9 Å². The van der Waals surface area contributed by atoms with Gasteiger partial charge < -0.3 is 10.1 Å². The van der Waals surface area contributed by atoms with Crippen LogP contribution >= 0.6 is 19.0 Å². The molecular weight excluding hydrogens is 720 g/mol. The Balaban J connectivity index is 1.23. The molecule has 2 amide bonds. The number of carbonyl (C=O) groups excluding carboxylic acids is 3. The number of ether oxygens (including phenoxy) is 1. The highest BCUT2D eigenvalue weighted by molar-refractivity contribution is 8.00. The van der Waals surface area contributed by atoms with Gasteiger partial charge in [-0.25, -0.2) is 4.79 Å². The summed E-state index contributed by atoms with van der Waals surface area (Å²) in [6.07, 6.45) is -0.0245. The number of benzene rings is 6. The van der Waals surface area contributed by atoms with E-state index in [4.69, 9.17) is 4.74 Å². The SMILES string of the molecule is O=C(Cc1ccccc1)NC1C(=O)N2C(C(=O)OC(c3ccccc3)c3ccccc3)=C(C[P+](c3ccccc3)(c3ccccc3)c3ccccc3)CSC12. The Labute approximate surface area is 326 Å². The Bertz CT molecular complexity index is 2160. The molecule has 1 N–H and O–H groups in total. The highest BCUT2D eigenvalue weighted by Gasteiger charge is 2.56. The topological polar surface area (TPSA) is 75.7 Å². The van der Waals surface area contributed by atoms with Gasteiger partial charge in [0.2, 0.25) is 5.91 Å². The number of amides is 2. The van der Waals surface area contributed by atoms with E-state index in [9.17, 15) is 9.59 Å². The number of hydrogen-bond donors (Lipinski definition) is 1. The van der Waals surface area contributed by atoms with Gasteiger partial charge in [-0.15, -0.1) is 11.8 Å². The summed E-state index contributed by atoms with van der Waals surface area (Å²) in [7, 11) is -2.45. The van der Waals surface area contributed by atoms with E-state index in [1.54, 1.807) is 16.7 Å². The van der Waals surface area contributed by atoms with Gasteiger partial charge in [0.1, 0.15) is 40.3 Å². The van der Waals surface area contributed by atoms with Crippen LogP contribution in [0.5, 0.6) is 0 Å². The van der Waals surface area contributed by atoms with Gasteiger partial charge in [0, 0.05) is 11.3 Å². The highest BCUT2D eigenvalue weighted by Crippen LogP contribution is 2.58. The molecule has 1 saturated heterocycles. The molecule has 2 aliphatic rings. The maximum Gasteiger partial charge on any atom is 0.356 e. The van der Waals surface area contributed by atoms with Crippen molar-refractivity contribution in [3.63, 3.8) is 0 Å². The van der Waals surface area contributed by atoms with Crippen LogP contribution in [0.1, 0.15) is 22.8 Å². The minimum Gasteiger partial charge on any atom is -0.448 e. The van der Waals surface area contributed by atoms with E-state index < -0.39 is 30.8 Å². The van der Waals surface area contributed by atoms with Gasteiger partial charge in [-0.05, 0) is 53.1 Å². The minimum atomic E-state index is -2.45. The van der Waals surface area contributed by atoms with Crippen LogP contribution in [-0.4, -0.2) is 46.0 Å². The first kappa shape index (κ1) is 36.2. The van der Waals surface area contributed by atoms with Crippen LogP contribution in [0, 0.1) is 0 Å². The molecule has 8 heteroatoms. The second kappa shape index (κ2) is 16.3. The Morgan fingerprint density at radius 3 is 1.56 bits per heavy atom. The van der Waals surface area contributed by atoms with Crippen molar-refractivity contribution in [1.29, 1.82) is 0 Å². The molecule has 2 aliphatic heterocycles. The van der Waals surface area contributed by atoms with Crippen LogP contribution in [-0.2, 0) is 25.5 Å². The monoisotopic (exact) mass is 759 g/mol. The molecule has 2 heterocycles. The Morgan fingerprint density at radius 2 is 1.09 bits per heavy atom. The van der Waals surface area contributed by atoms with E-state index in [1.807, 2.05) is 109 Å². The molecular formula is C47H40N2O4PS+. The Kier molecular flexibility index (Phi) is 10.8. The lowest BCUT2D eigenvalue weighted by Gasteiger charge is -2.50. The van der Waals surface area contributed by atoms with Crippen molar-refractivity contribution in [3.05, 3.63) is 210 Å². The lowest BCUT2D eigenvalue weighted by atomic mass is 10.0. The predicted octanol–water partition coefficient (Wildman–Crippen LogP) is 7.21. The van der Waals surface area contributed by atoms with Gasteiger partial charge in [-0.3, -0.25) is 14.5 Å². The number of nitrogens with one attached hydrogen (secondary N) is 1. The molecule has 0 aliphatic carbocycles. The van der Waals surface area contributed by atoms with Crippen LogP contribution in [0.2, 0.25) is 0 Å². The summed E-state index contributed by atoms with van der Waals surface area (Å²) in [6, 6.07) is 59.6. The van der Waals surface area contributed by atoms with Gasteiger partial charge in [-0.1, -0.05) is 146 Å². The van der Waals surface area contributed by atoms with Gasteiger partial charge in [0.25, 0.3) is 5.91 Å². The van der Waals surface area contributed by atoms with Crippen molar-refractivity contribution < 1.29 is 19.1 Å². The smallest absolute Gasteiger partial charge is 0.356 e. The summed E-state index contributed by atoms with van der Waals surface area (Å²) in [5, 5.41) is 6.05. The third kappa shape index (κ3) is 7.38. The number of esters is 1. The molecule has 55 heavy (non-hydrogen) atoms. The lowest BCUT2D eigenvalue weighted by molar-refractivity contribution is -0.154. The van der Waals surface area contributed by atoms with E-state index in [0.29, 0.717) is 11.9 Å². The average molecular weight is 760 g/mol. The fourth-order valence-electron chi connectivity index (χ4n) is 7.60. The summed E-state index contributed by atoms with van der Waals surface area (Å²) >= 11 is 1.58. The Hall–Kier alpha value is -5.75. The van der Waals surface area contributed by atoms with Gasteiger partial charge in [0.15, 0.2) is 6.10 Å². The molecule has 0 bridgehead atoms. The molecule has 6 aromatic rings. The first-order valence-electron chi connectivity index (χ1n) is 18.4. The molecule has 1 fully saturated rings. The molecule has 2 unspecified atom stereocenters. The van der Waals surface area contributed by atoms with E-state index >= 15 is 4.79 Å². The van der Waals surface area contributed by atoms with Gasteiger partial charge in [0.05, 0.1) is 12.6 Å². The largest absolute Gasteiger partial charge is 0.448 e. The minimum absolute atomic E-state index is 0.159. The van der Waals surface area contributed by atoms with E-state index in [0.717, 1.165) is 22.3 Å². The van der Waals surface area contributed by atoms with Crippen molar-refractivity contribution in [3.8, 4) is 0 Å². The molecule has 8 rings (SSSR count). The van der Waals surface area contributed by atoms with Crippen molar-refractivity contribution in [1.82, 2.24) is 10.2 Å². The summed E-state index contributed by atoms with van der Waals surface area (Å²) in [5.41, 5.74) is 3.63. The number of fused-ring (bicyclic) bond motifs is 1. The van der Waals surface area contributed by atoms with Gasteiger partial charge in [-0.2, -0.15) is 0 Å². The molecule has 6 aromatic carbocycles. The van der Waals surface area contributed by atoms with Crippen molar-refractivity contribution >= 4 is 52.7 Å². The zero-order chi connectivity index (χ0) is 37.6. The standard InChI is InChI=1S/C47H39N2O4PS/c50-41(31-34-19-7-1-8-20-34)48-42-45(51)49-43(47(52)53-44(35-21-9-2-10-22-35)36-23-11-3-12-24-36)37(33-55-46(42)49)32-54(38-25-13-4-14-26-38,39-27-15-5-16-28-39)40-29-17-6-18-30-40/h1-30,42,44,46H,31-33H2/p+1. The molecule has 0 radical (unpaired) electrons. The number of thioether (sulfide) groups is 1. The average Bonchev–Trinajstić information content (AvgIpc) is 3.25. The van der Waals surface area contributed by atoms with Crippen LogP contribution in [0.25, 0.3) is 0 Å². The normalized spacial score (nSPS) is 16.6. The maximum absolute atomic E-state index is 15.0. The van der Waals surface area contributed by atoms with Crippen molar-refractivity contribution in [2.75, 3.05) is 11.9 Å². The fourth-order valence-corrected chi connectivity index (χ4v) is 13.4. The lowest BCUT2D eigenvalue weighted by Crippen LogP contribution is -2.70. The van der Waals surface area contributed by atoms with Crippen LogP contribution in [0.3, 0.4) is 0 Å². The van der Waals surface area contributed by atoms with E-state index in [-0.39, 0.29) is 23.9 Å². The summed E-state index contributed by atoms with van der Waals surface area (Å²) in [6.45, 7) is 0. The summed E-state index contributed by atoms with van der Waals surface area (Å²) < 4.78 is 6.55. The van der Waals surface area contributed by atoms with Crippen LogP contribution < -0.4 is 21.2 Å². The summed E-state index contributed by atoms with van der Waals surface area (Å²) in [4.78, 5) is 44.1. The number of nitrogens with zero attached hydrogens (tertiary/aromatic N) is 1. The highest BCUT2D eigenvalue weighted by atomic mass is 32.2. The second-order valence-corrected chi connectivity index (χ2v) is 18.2. The predicted molar refractivity (Wildman–Crippen MR) is 223 cm³/mol. The zero-order valence-electron chi connectivity index (χ0n) is 30.1. The molecule has 2 atom stereocenters. The number of hydrogen-bond acceptors (Lipinski definition) is 5. The van der Waals surface area contributed by atoms with Crippen LogP contribution in [0.4, 0.5) is 0 Å². The maximum atomic E-state index is 15.0. The van der Waals surface area contributed by atoms with Crippen molar-refractivity contribution in [2.24, 2.45) is 0 Å². The summed E-state index contributed by atoms with van der Waals surface area (Å²) in [5.74, 6) is -0.631. The first-order valence-corrected chi connectivity index (χ1v) is 21.4. The number of rotatable bonds is 12. The zero-order valence-corrected chi connectivity index (χ0v) is 31.8. The second-order valence-electron chi connectivity index (χ2n) is 13.7. The third-order valence-corrected chi connectivity index (χ3v) is 15.9. The third-order valence-electron chi connectivity index (χ3n) is 10.2. The fraction of sp³-hybridized carbons (Fsp3) is 0.128. The number of carbonyl (C=O) groups is 3. The number of β-lactam (4-membered cyclic amide) rings is 1. The quantitative estimate of drug-likeness (QED) is 0.0812. The van der Waals surface area contributed by atoms with Gasteiger partial charge >= 0.3 is 5.97 Å². The van der Waals surface area contributed by atoms with Crippen LogP contribution in [0.15, 0.2) is 193 Å². The molecule has 0 saturated carbocycles. The van der Waals surface area contributed by atoms with Crippen molar-refractivity contribution in [2.45, 2.75) is 23.9 Å². The molecule has 0 aromatic heterocycles. The molecule has 6 nitrogen and oxygen atoms in total. The van der Waals surface area contributed by atoms with E-state index in [2.05, 4.69) is 78.1 Å².